The molecule has 0 bridgehead atoms. The van der Waals surface area contributed by atoms with Gasteiger partial charge in [0.2, 0.25) is 0 Å². The normalized spacial score (nSPS) is 13.1. The van der Waals surface area contributed by atoms with Gasteiger partial charge in [0.05, 0.1) is 17.4 Å². The molecule has 0 saturated heterocycles. The van der Waals surface area contributed by atoms with Gasteiger partial charge in [0.1, 0.15) is 17.3 Å². The molecular formula is C27H25F6N5O3. The minimum absolute atomic E-state index is 0.00185. The Morgan fingerprint density at radius 2 is 1.71 bits per heavy atom. The van der Waals surface area contributed by atoms with E-state index in [-0.39, 0.29) is 42.1 Å². The fraction of sp³-hybridized carbons (Fsp3) is 0.296. The zero-order valence-corrected chi connectivity index (χ0v) is 21.7. The number of anilines is 4. The Morgan fingerprint density at radius 1 is 1.00 bits per heavy atom. The number of urea groups is 1. The molecule has 14 heteroatoms. The quantitative estimate of drug-likeness (QED) is 0.196. The highest BCUT2D eigenvalue weighted by atomic mass is 19.4. The lowest BCUT2D eigenvalue weighted by molar-refractivity contribution is -0.138. The zero-order chi connectivity index (χ0) is 29.9. The van der Waals surface area contributed by atoms with Crippen molar-refractivity contribution in [3.8, 4) is 11.1 Å². The molecule has 0 spiro atoms. The SMILES string of the molecule is CCN1C(=O)N(c2c(F)cc(NCCNCCCC(=O)O)cc2F)c2cc(C(F)(F)F)ccc2-c2cc(F)cnc21. The van der Waals surface area contributed by atoms with Crippen LogP contribution in [0.3, 0.4) is 0 Å². The molecule has 1 aliphatic heterocycles. The highest BCUT2D eigenvalue weighted by molar-refractivity contribution is 6.14. The summed E-state index contributed by atoms with van der Waals surface area (Å²) in [5.41, 5.74) is -2.71. The van der Waals surface area contributed by atoms with Gasteiger partial charge in [-0.15, -0.1) is 0 Å². The minimum atomic E-state index is -4.85. The number of benzene rings is 2. The number of carboxylic acids is 1. The van der Waals surface area contributed by atoms with Gasteiger partial charge < -0.3 is 15.7 Å². The Bertz CT molecular complexity index is 1440. The number of fused-ring (bicyclic) bond motifs is 3. The molecule has 0 unspecified atom stereocenters. The number of nitrogens with one attached hydrogen (secondary N) is 2. The summed E-state index contributed by atoms with van der Waals surface area (Å²) in [5, 5.41) is 14.4. The van der Waals surface area contributed by atoms with E-state index in [4.69, 9.17) is 5.11 Å². The van der Waals surface area contributed by atoms with Crippen molar-refractivity contribution >= 4 is 34.9 Å². The van der Waals surface area contributed by atoms with E-state index in [1.807, 2.05) is 0 Å². The smallest absolute Gasteiger partial charge is 0.416 e. The Hall–Kier alpha value is -4.33. The van der Waals surface area contributed by atoms with Crippen molar-refractivity contribution in [1.29, 1.82) is 0 Å². The summed E-state index contributed by atoms with van der Waals surface area (Å²) in [5.74, 6) is -4.31. The van der Waals surface area contributed by atoms with Crippen LogP contribution >= 0.6 is 0 Å². The summed E-state index contributed by atoms with van der Waals surface area (Å²) in [7, 11) is 0. The van der Waals surface area contributed by atoms with E-state index in [1.54, 1.807) is 0 Å². The second-order valence-electron chi connectivity index (χ2n) is 9.08. The number of hydrogen-bond acceptors (Lipinski definition) is 5. The van der Waals surface area contributed by atoms with Gasteiger partial charge in [-0.2, -0.15) is 13.2 Å². The number of aromatic nitrogens is 1. The molecule has 2 amide bonds. The van der Waals surface area contributed by atoms with Crippen LogP contribution in [0.1, 0.15) is 25.3 Å². The number of nitrogens with zero attached hydrogens (tertiary/aromatic N) is 3. The maximum atomic E-state index is 15.5. The molecule has 218 valence electrons. The van der Waals surface area contributed by atoms with E-state index in [2.05, 4.69) is 15.6 Å². The lowest BCUT2D eigenvalue weighted by atomic mass is 10.0. The van der Waals surface area contributed by atoms with Crippen molar-refractivity contribution in [1.82, 2.24) is 10.3 Å². The van der Waals surface area contributed by atoms with Crippen LogP contribution in [0.5, 0.6) is 0 Å². The van der Waals surface area contributed by atoms with Crippen LogP contribution in [0.2, 0.25) is 0 Å². The molecule has 0 fully saturated rings. The molecule has 0 saturated carbocycles. The third-order valence-electron chi connectivity index (χ3n) is 6.30. The Labute approximate surface area is 230 Å². The van der Waals surface area contributed by atoms with Gasteiger partial charge in [-0.05, 0) is 50.2 Å². The molecule has 0 radical (unpaired) electrons. The first kappa shape index (κ1) is 29.6. The molecule has 3 N–H and O–H groups in total. The second-order valence-corrected chi connectivity index (χ2v) is 9.08. The number of halogens is 6. The van der Waals surface area contributed by atoms with Crippen LogP contribution in [0.4, 0.5) is 54.0 Å². The predicted molar refractivity (Wildman–Crippen MR) is 140 cm³/mol. The average molecular weight is 582 g/mol. The van der Waals surface area contributed by atoms with Crippen molar-refractivity contribution in [2.24, 2.45) is 0 Å². The number of rotatable bonds is 10. The number of carbonyl (C=O) groups excluding carboxylic acids is 1. The first-order chi connectivity index (χ1) is 19.4. The first-order valence-corrected chi connectivity index (χ1v) is 12.6. The van der Waals surface area contributed by atoms with Gasteiger partial charge in [-0.3, -0.25) is 14.6 Å². The van der Waals surface area contributed by atoms with E-state index in [0.29, 0.717) is 30.5 Å². The van der Waals surface area contributed by atoms with Gasteiger partial charge in [-0.1, -0.05) is 6.07 Å². The lowest BCUT2D eigenvalue weighted by Crippen LogP contribution is -2.41. The maximum absolute atomic E-state index is 15.5. The molecule has 4 rings (SSSR count). The van der Waals surface area contributed by atoms with Crippen LogP contribution in [0.15, 0.2) is 42.6 Å². The van der Waals surface area contributed by atoms with Crippen molar-refractivity contribution < 1.29 is 41.0 Å². The third-order valence-corrected chi connectivity index (χ3v) is 6.30. The fourth-order valence-electron chi connectivity index (χ4n) is 4.45. The Kier molecular flexibility index (Phi) is 8.71. The van der Waals surface area contributed by atoms with Crippen LogP contribution < -0.4 is 20.4 Å². The maximum Gasteiger partial charge on any atom is 0.416 e. The fourth-order valence-corrected chi connectivity index (χ4v) is 4.45. The molecule has 8 nitrogen and oxygen atoms in total. The topological polar surface area (TPSA) is 97.8 Å². The summed E-state index contributed by atoms with van der Waals surface area (Å²) >= 11 is 0. The Morgan fingerprint density at radius 3 is 2.34 bits per heavy atom. The van der Waals surface area contributed by atoms with Crippen molar-refractivity contribution in [3.05, 3.63) is 65.6 Å². The van der Waals surface area contributed by atoms with Crippen molar-refractivity contribution in [2.75, 3.05) is 41.3 Å². The molecule has 0 atom stereocenters. The molecule has 3 aromatic rings. The highest BCUT2D eigenvalue weighted by Crippen LogP contribution is 2.47. The molecule has 1 aliphatic rings. The highest BCUT2D eigenvalue weighted by Gasteiger charge is 2.39. The van der Waals surface area contributed by atoms with Gasteiger partial charge in [-0.25, -0.2) is 22.9 Å². The second kappa shape index (κ2) is 12.0. The Balaban J connectivity index is 1.73. The van der Waals surface area contributed by atoms with E-state index in [9.17, 15) is 27.2 Å². The lowest BCUT2D eigenvalue weighted by Gasteiger charge is -2.29. The monoisotopic (exact) mass is 581 g/mol. The summed E-state index contributed by atoms with van der Waals surface area (Å²) in [4.78, 5) is 29.7. The van der Waals surface area contributed by atoms with Gasteiger partial charge in [0, 0.05) is 42.9 Å². The zero-order valence-electron chi connectivity index (χ0n) is 21.7. The molecule has 2 aromatic carbocycles. The number of amides is 2. The predicted octanol–water partition coefficient (Wildman–Crippen LogP) is 6.15. The number of aliphatic carboxylic acids is 1. The summed E-state index contributed by atoms with van der Waals surface area (Å²) < 4.78 is 86.3. The van der Waals surface area contributed by atoms with E-state index >= 15 is 8.78 Å². The standard InChI is InChI=1S/C27H25F6N5O3/c1-2-37-25-19(11-16(28)14-36-25)18-6-5-15(27(31,32)33)10-22(18)38(26(37)41)24-20(29)12-17(13-21(24)30)35-9-8-34-7-3-4-23(39)40/h5-6,10-14,34-35H,2-4,7-9H2,1H3,(H,39,40). The third kappa shape index (κ3) is 6.37. The minimum Gasteiger partial charge on any atom is -0.481 e. The number of pyridine rings is 1. The molecule has 1 aromatic heterocycles. The first-order valence-electron chi connectivity index (χ1n) is 12.6. The van der Waals surface area contributed by atoms with E-state index in [0.717, 1.165) is 41.4 Å². The van der Waals surface area contributed by atoms with E-state index < -0.39 is 52.6 Å². The molecule has 41 heavy (non-hydrogen) atoms. The summed E-state index contributed by atoms with van der Waals surface area (Å²) in [6.45, 7) is 2.40. The summed E-state index contributed by atoms with van der Waals surface area (Å²) in [6, 6.07) is 4.02. The molecule has 0 aliphatic carbocycles. The van der Waals surface area contributed by atoms with Crippen molar-refractivity contribution in [3.63, 3.8) is 0 Å². The van der Waals surface area contributed by atoms with Gasteiger partial charge in [0.25, 0.3) is 0 Å². The molecular weight excluding hydrogens is 556 g/mol. The van der Waals surface area contributed by atoms with Crippen LogP contribution in [-0.4, -0.2) is 48.3 Å². The van der Waals surface area contributed by atoms with Crippen molar-refractivity contribution in [2.45, 2.75) is 25.9 Å². The molecule has 2 heterocycles. The van der Waals surface area contributed by atoms with Gasteiger partial charge >= 0.3 is 18.2 Å². The summed E-state index contributed by atoms with van der Waals surface area (Å²) in [6.07, 6.45) is -3.63. The number of carboxylic acid groups (broad SMARTS) is 1. The van der Waals surface area contributed by atoms with Gasteiger partial charge in [0.15, 0.2) is 11.6 Å². The van der Waals surface area contributed by atoms with Crippen LogP contribution in [0, 0.1) is 17.5 Å². The number of carbonyl (C=O) groups is 2. The largest absolute Gasteiger partial charge is 0.481 e. The average Bonchev–Trinajstić information content (AvgIpc) is 2.99. The van der Waals surface area contributed by atoms with E-state index in [1.165, 1.54) is 6.92 Å². The van der Waals surface area contributed by atoms with Crippen LogP contribution in [0.25, 0.3) is 11.1 Å². The number of alkyl halides is 3. The van der Waals surface area contributed by atoms with Crippen LogP contribution in [-0.2, 0) is 11.0 Å². The number of hydrogen-bond donors (Lipinski definition) is 3.